The van der Waals surface area contributed by atoms with Gasteiger partial charge in [-0.05, 0) is 49.8 Å². The van der Waals surface area contributed by atoms with Crippen LogP contribution in [0.5, 0.6) is 5.75 Å². The summed E-state index contributed by atoms with van der Waals surface area (Å²) in [5.74, 6) is 1.81. The van der Waals surface area contributed by atoms with Crippen LogP contribution in [-0.2, 0) is 5.54 Å². The summed E-state index contributed by atoms with van der Waals surface area (Å²) in [5.41, 5.74) is 7.80. The van der Waals surface area contributed by atoms with Gasteiger partial charge in [0.2, 0.25) is 0 Å². The first-order valence-corrected chi connectivity index (χ1v) is 7.70. The average molecular weight is 261 g/mol. The van der Waals surface area contributed by atoms with Gasteiger partial charge in [0.15, 0.2) is 0 Å². The van der Waals surface area contributed by atoms with E-state index in [0.29, 0.717) is 6.61 Å². The van der Waals surface area contributed by atoms with Gasteiger partial charge < -0.3 is 10.5 Å². The van der Waals surface area contributed by atoms with Crippen molar-refractivity contribution in [1.82, 2.24) is 0 Å². The van der Waals surface area contributed by atoms with Crippen molar-refractivity contribution >= 4 is 0 Å². The Morgan fingerprint density at radius 3 is 2.84 bits per heavy atom. The van der Waals surface area contributed by atoms with Crippen LogP contribution in [-0.4, -0.2) is 6.61 Å². The summed E-state index contributed by atoms with van der Waals surface area (Å²) in [6.45, 7) is 5.02. The van der Waals surface area contributed by atoms with Gasteiger partial charge in [0.25, 0.3) is 0 Å². The third-order valence-electron chi connectivity index (χ3n) is 4.53. The fraction of sp³-hybridized carbons (Fsp3) is 0.647. The molecule has 0 amide bonds. The smallest absolute Gasteiger partial charge is 0.119 e. The molecule has 19 heavy (non-hydrogen) atoms. The summed E-state index contributed by atoms with van der Waals surface area (Å²) < 4.78 is 5.60. The molecule has 2 rings (SSSR count). The fourth-order valence-electron chi connectivity index (χ4n) is 3.20. The lowest BCUT2D eigenvalue weighted by Gasteiger charge is -2.29. The van der Waals surface area contributed by atoms with Crippen molar-refractivity contribution in [3.63, 3.8) is 0 Å². The molecule has 1 saturated carbocycles. The maximum atomic E-state index is 6.71. The van der Waals surface area contributed by atoms with Crippen molar-refractivity contribution in [1.29, 1.82) is 0 Å². The predicted molar refractivity (Wildman–Crippen MR) is 80.3 cm³/mol. The van der Waals surface area contributed by atoms with Crippen molar-refractivity contribution in [3.05, 3.63) is 29.8 Å². The highest BCUT2D eigenvalue weighted by Gasteiger charge is 2.30. The van der Waals surface area contributed by atoms with Gasteiger partial charge in [-0.2, -0.15) is 0 Å². The van der Waals surface area contributed by atoms with E-state index in [4.69, 9.17) is 10.5 Å². The van der Waals surface area contributed by atoms with Gasteiger partial charge in [-0.15, -0.1) is 0 Å². The van der Waals surface area contributed by atoms with Crippen LogP contribution in [0.25, 0.3) is 0 Å². The summed E-state index contributed by atoms with van der Waals surface area (Å²) in [4.78, 5) is 0. The molecule has 2 nitrogen and oxygen atoms in total. The third kappa shape index (κ3) is 3.50. The minimum Gasteiger partial charge on any atom is -0.494 e. The number of hydrogen-bond acceptors (Lipinski definition) is 2. The van der Waals surface area contributed by atoms with Crippen molar-refractivity contribution < 1.29 is 4.74 Å². The number of nitrogens with two attached hydrogens (primary N) is 1. The van der Waals surface area contributed by atoms with E-state index >= 15 is 0 Å². The van der Waals surface area contributed by atoms with Crippen LogP contribution in [0.2, 0.25) is 0 Å². The highest BCUT2D eigenvalue weighted by atomic mass is 16.5. The number of benzene rings is 1. The number of hydrogen-bond donors (Lipinski definition) is 1. The molecule has 0 saturated heterocycles. The van der Waals surface area contributed by atoms with Crippen LogP contribution in [0, 0.1) is 5.92 Å². The van der Waals surface area contributed by atoms with Crippen LogP contribution in [0.15, 0.2) is 24.3 Å². The maximum Gasteiger partial charge on any atom is 0.119 e. The van der Waals surface area contributed by atoms with Crippen LogP contribution < -0.4 is 10.5 Å². The molecule has 1 fully saturated rings. The Bertz CT molecular complexity index is 404. The quantitative estimate of drug-likeness (QED) is 0.823. The SMILES string of the molecule is CCOc1cccc(C2(N)CCCC(CC)CC2)c1. The highest BCUT2D eigenvalue weighted by Crippen LogP contribution is 2.37. The second-order valence-electron chi connectivity index (χ2n) is 5.82. The summed E-state index contributed by atoms with van der Waals surface area (Å²) in [7, 11) is 0. The lowest BCUT2D eigenvalue weighted by molar-refractivity contribution is 0.334. The molecule has 0 radical (unpaired) electrons. The fourth-order valence-corrected chi connectivity index (χ4v) is 3.20. The van der Waals surface area contributed by atoms with E-state index in [-0.39, 0.29) is 5.54 Å². The third-order valence-corrected chi connectivity index (χ3v) is 4.53. The molecule has 2 unspecified atom stereocenters. The summed E-state index contributed by atoms with van der Waals surface area (Å²) in [5, 5.41) is 0. The first-order chi connectivity index (χ1) is 9.18. The lowest BCUT2D eigenvalue weighted by atomic mass is 9.83. The Morgan fingerprint density at radius 1 is 1.26 bits per heavy atom. The number of rotatable bonds is 4. The van der Waals surface area contributed by atoms with E-state index in [1.165, 1.54) is 31.2 Å². The van der Waals surface area contributed by atoms with E-state index in [2.05, 4.69) is 25.1 Å². The summed E-state index contributed by atoms with van der Waals surface area (Å²) >= 11 is 0. The minimum absolute atomic E-state index is 0.156. The van der Waals surface area contributed by atoms with Crippen LogP contribution in [0.3, 0.4) is 0 Å². The minimum atomic E-state index is -0.156. The van der Waals surface area contributed by atoms with Crippen molar-refractivity contribution in [2.75, 3.05) is 6.61 Å². The molecule has 0 aromatic heterocycles. The zero-order chi connectivity index (χ0) is 13.7. The average Bonchev–Trinajstić information content (AvgIpc) is 2.62. The first-order valence-electron chi connectivity index (χ1n) is 7.70. The molecule has 106 valence electrons. The molecule has 0 heterocycles. The summed E-state index contributed by atoms with van der Waals surface area (Å²) in [6, 6.07) is 8.38. The molecular weight excluding hydrogens is 234 g/mol. The summed E-state index contributed by atoms with van der Waals surface area (Å²) in [6.07, 6.45) is 7.32. The second kappa shape index (κ2) is 6.42. The van der Waals surface area contributed by atoms with Crippen LogP contribution in [0.1, 0.15) is 57.9 Å². The van der Waals surface area contributed by atoms with E-state index in [1.54, 1.807) is 0 Å². The monoisotopic (exact) mass is 261 g/mol. The van der Waals surface area contributed by atoms with Crippen molar-refractivity contribution in [3.8, 4) is 5.75 Å². The number of ether oxygens (including phenoxy) is 1. The van der Waals surface area contributed by atoms with Gasteiger partial charge >= 0.3 is 0 Å². The van der Waals surface area contributed by atoms with Gasteiger partial charge in [0, 0.05) is 5.54 Å². The first kappa shape index (κ1) is 14.4. The van der Waals surface area contributed by atoms with Gasteiger partial charge in [0.1, 0.15) is 5.75 Å². The molecule has 2 N–H and O–H groups in total. The van der Waals surface area contributed by atoms with Gasteiger partial charge in [0.05, 0.1) is 6.61 Å². The van der Waals surface area contributed by atoms with Gasteiger partial charge in [-0.25, -0.2) is 0 Å². The van der Waals surface area contributed by atoms with Crippen molar-refractivity contribution in [2.24, 2.45) is 11.7 Å². The van der Waals surface area contributed by atoms with Gasteiger partial charge in [-0.3, -0.25) is 0 Å². The topological polar surface area (TPSA) is 35.2 Å². The molecule has 2 heteroatoms. The molecule has 0 aliphatic heterocycles. The Morgan fingerprint density at radius 2 is 2.11 bits per heavy atom. The molecule has 0 spiro atoms. The molecule has 2 atom stereocenters. The van der Waals surface area contributed by atoms with E-state index in [9.17, 15) is 0 Å². The standard InChI is InChI=1S/C17H27NO/c1-3-14-7-6-11-17(18,12-10-14)15-8-5-9-16(13-15)19-4-2/h5,8-9,13-14H,3-4,6-7,10-12,18H2,1-2H3. The Hall–Kier alpha value is -1.02. The normalized spacial score (nSPS) is 27.8. The Kier molecular flexibility index (Phi) is 4.87. The maximum absolute atomic E-state index is 6.71. The Labute approximate surface area is 117 Å². The van der Waals surface area contributed by atoms with Crippen molar-refractivity contribution in [2.45, 2.75) is 57.9 Å². The predicted octanol–water partition coefficient (Wildman–Crippen LogP) is 4.23. The zero-order valence-electron chi connectivity index (χ0n) is 12.3. The van der Waals surface area contributed by atoms with E-state index < -0.39 is 0 Å². The molecular formula is C17H27NO. The second-order valence-corrected chi connectivity index (χ2v) is 5.82. The molecule has 1 aliphatic carbocycles. The largest absolute Gasteiger partial charge is 0.494 e. The zero-order valence-corrected chi connectivity index (χ0v) is 12.3. The Balaban J connectivity index is 2.16. The van der Waals surface area contributed by atoms with Crippen LogP contribution >= 0.6 is 0 Å². The molecule has 0 bridgehead atoms. The highest BCUT2D eigenvalue weighted by molar-refractivity contribution is 5.33. The van der Waals surface area contributed by atoms with E-state index in [1.807, 2.05) is 13.0 Å². The molecule has 1 aliphatic rings. The molecule has 1 aromatic rings. The van der Waals surface area contributed by atoms with Gasteiger partial charge in [-0.1, -0.05) is 38.3 Å². The molecule has 1 aromatic carbocycles. The van der Waals surface area contributed by atoms with E-state index in [0.717, 1.165) is 24.5 Å². The lowest BCUT2D eigenvalue weighted by Crippen LogP contribution is -2.36. The van der Waals surface area contributed by atoms with Crippen LogP contribution in [0.4, 0.5) is 0 Å².